The maximum absolute atomic E-state index is 11.2. The Bertz CT molecular complexity index is 665. The van der Waals surface area contributed by atoms with E-state index in [-0.39, 0.29) is 5.92 Å². The average Bonchev–Trinajstić information content (AvgIpc) is 2.76. The first-order valence-electron chi connectivity index (χ1n) is 11.0. The van der Waals surface area contributed by atoms with Crippen LogP contribution in [-0.2, 0) is 0 Å². The SMILES string of the molecule is CCCCCOc1ccc([C@H](O)[C@@H](CN2CCCCC2)c2ccccc2)cc1. The molecule has 1 N–H and O–H groups in total. The largest absolute Gasteiger partial charge is 0.494 e. The van der Waals surface area contributed by atoms with Gasteiger partial charge in [-0.2, -0.15) is 0 Å². The minimum Gasteiger partial charge on any atom is -0.494 e. The Morgan fingerprint density at radius 2 is 1.61 bits per heavy atom. The molecule has 0 unspecified atom stereocenters. The molecule has 0 radical (unpaired) electrons. The number of rotatable bonds is 10. The predicted octanol–water partition coefficient (Wildman–Crippen LogP) is 5.56. The molecule has 0 bridgehead atoms. The van der Waals surface area contributed by atoms with Gasteiger partial charge in [-0.15, -0.1) is 0 Å². The molecule has 1 fully saturated rings. The number of benzene rings is 2. The van der Waals surface area contributed by atoms with Crippen molar-refractivity contribution in [2.24, 2.45) is 0 Å². The molecule has 152 valence electrons. The van der Waals surface area contributed by atoms with Gasteiger partial charge in [0.15, 0.2) is 0 Å². The summed E-state index contributed by atoms with van der Waals surface area (Å²) < 4.78 is 5.82. The zero-order valence-electron chi connectivity index (χ0n) is 17.2. The molecule has 2 aromatic rings. The van der Waals surface area contributed by atoms with Crippen molar-refractivity contribution in [1.82, 2.24) is 4.90 Å². The Morgan fingerprint density at radius 3 is 2.29 bits per heavy atom. The summed E-state index contributed by atoms with van der Waals surface area (Å²) in [6.07, 6.45) is 6.84. The van der Waals surface area contributed by atoms with E-state index in [1.807, 2.05) is 30.3 Å². The third kappa shape index (κ3) is 6.08. The van der Waals surface area contributed by atoms with Crippen molar-refractivity contribution >= 4 is 0 Å². The van der Waals surface area contributed by atoms with E-state index in [0.29, 0.717) is 0 Å². The van der Waals surface area contributed by atoms with Crippen molar-refractivity contribution in [2.45, 2.75) is 57.5 Å². The maximum Gasteiger partial charge on any atom is 0.119 e. The molecule has 28 heavy (non-hydrogen) atoms. The van der Waals surface area contributed by atoms with Crippen molar-refractivity contribution in [3.05, 3.63) is 65.7 Å². The van der Waals surface area contributed by atoms with E-state index < -0.39 is 6.10 Å². The van der Waals surface area contributed by atoms with Gasteiger partial charge in [0, 0.05) is 12.5 Å². The van der Waals surface area contributed by atoms with Gasteiger partial charge in [0.1, 0.15) is 5.75 Å². The third-order valence-corrected chi connectivity index (χ3v) is 5.75. The van der Waals surface area contributed by atoms with Crippen molar-refractivity contribution < 1.29 is 9.84 Å². The van der Waals surface area contributed by atoms with Crippen molar-refractivity contribution in [3.63, 3.8) is 0 Å². The van der Waals surface area contributed by atoms with E-state index in [4.69, 9.17) is 4.74 Å². The third-order valence-electron chi connectivity index (χ3n) is 5.75. The van der Waals surface area contributed by atoms with Gasteiger partial charge in [0.25, 0.3) is 0 Å². The average molecular weight is 382 g/mol. The smallest absolute Gasteiger partial charge is 0.119 e. The number of nitrogens with zero attached hydrogens (tertiary/aromatic N) is 1. The van der Waals surface area contributed by atoms with Crippen molar-refractivity contribution in [2.75, 3.05) is 26.2 Å². The van der Waals surface area contributed by atoms with Crippen LogP contribution in [0.5, 0.6) is 5.75 Å². The molecule has 1 heterocycles. The molecule has 2 atom stereocenters. The second-order valence-corrected chi connectivity index (χ2v) is 7.95. The molecule has 2 aromatic carbocycles. The number of ether oxygens (including phenoxy) is 1. The molecule has 0 saturated carbocycles. The summed E-state index contributed by atoms with van der Waals surface area (Å²) in [5.74, 6) is 0.968. The lowest BCUT2D eigenvalue weighted by molar-refractivity contribution is 0.109. The summed E-state index contributed by atoms with van der Waals surface area (Å²) in [5.41, 5.74) is 2.17. The van der Waals surface area contributed by atoms with E-state index in [9.17, 15) is 5.11 Å². The molecule has 0 spiro atoms. The molecule has 1 saturated heterocycles. The molecule has 3 rings (SSSR count). The number of likely N-dealkylation sites (tertiary alicyclic amines) is 1. The van der Waals surface area contributed by atoms with Crippen molar-refractivity contribution in [1.29, 1.82) is 0 Å². The van der Waals surface area contributed by atoms with E-state index in [1.165, 1.54) is 37.7 Å². The van der Waals surface area contributed by atoms with Gasteiger partial charge < -0.3 is 14.7 Å². The summed E-state index contributed by atoms with van der Waals surface area (Å²) in [5, 5.41) is 11.2. The van der Waals surface area contributed by atoms with Crippen LogP contribution >= 0.6 is 0 Å². The zero-order chi connectivity index (χ0) is 19.6. The first-order valence-corrected chi connectivity index (χ1v) is 11.0. The Balaban J connectivity index is 1.68. The second-order valence-electron chi connectivity index (χ2n) is 7.95. The fourth-order valence-corrected chi connectivity index (χ4v) is 4.04. The van der Waals surface area contributed by atoms with Crippen LogP contribution in [0.15, 0.2) is 54.6 Å². The molecule has 0 aliphatic carbocycles. The monoisotopic (exact) mass is 381 g/mol. The number of piperidine rings is 1. The normalized spacial score (nSPS) is 17.2. The molecular weight excluding hydrogens is 346 g/mol. The number of hydrogen-bond donors (Lipinski definition) is 1. The number of hydrogen-bond acceptors (Lipinski definition) is 3. The quantitative estimate of drug-likeness (QED) is 0.547. The highest BCUT2D eigenvalue weighted by atomic mass is 16.5. The van der Waals surface area contributed by atoms with Gasteiger partial charge in [-0.3, -0.25) is 0 Å². The first kappa shape index (κ1) is 20.9. The summed E-state index contributed by atoms with van der Waals surface area (Å²) in [4.78, 5) is 2.51. The summed E-state index contributed by atoms with van der Waals surface area (Å²) >= 11 is 0. The van der Waals surface area contributed by atoms with Gasteiger partial charge in [-0.25, -0.2) is 0 Å². The molecule has 0 aromatic heterocycles. The Kier molecular flexibility index (Phi) is 8.38. The lowest BCUT2D eigenvalue weighted by Gasteiger charge is -2.33. The first-order chi connectivity index (χ1) is 13.8. The topological polar surface area (TPSA) is 32.7 Å². The molecule has 0 amide bonds. The molecule has 3 nitrogen and oxygen atoms in total. The number of aliphatic hydroxyl groups excluding tert-OH is 1. The van der Waals surface area contributed by atoms with E-state index in [0.717, 1.165) is 44.0 Å². The summed E-state index contributed by atoms with van der Waals surface area (Å²) in [6.45, 7) is 6.14. The lowest BCUT2D eigenvalue weighted by atomic mass is 9.88. The van der Waals surface area contributed by atoms with E-state index >= 15 is 0 Å². The van der Waals surface area contributed by atoms with Gasteiger partial charge in [-0.1, -0.05) is 68.7 Å². The molecular formula is C25H35NO2. The number of aliphatic hydroxyl groups is 1. The highest BCUT2D eigenvalue weighted by molar-refractivity contribution is 5.32. The van der Waals surface area contributed by atoms with E-state index in [1.54, 1.807) is 0 Å². The van der Waals surface area contributed by atoms with Gasteiger partial charge in [0.2, 0.25) is 0 Å². The Hall–Kier alpha value is -1.84. The lowest BCUT2D eigenvalue weighted by Crippen LogP contribution is -2.35. The fraction of sp³-hybridized carbons (Fsp3) is 0.520. The second kappa shape index (κ2) is 11.2. The van der Waals surface area contributed by atoms with Crippen LogP contribution in [-0.4, -0.2) is 36.2 Å². The molecule has 1 aliphatic heterocycles. The number of unbranched alkanes of at least 4 members (excludes halogenated alkanes) is 2. The molecule has 1 aliphatic rings. The van der Waals surface area contributed by atoms with Gasteiger partial charge >= 0.3 is 0 Å². The maximum atomic E-state index is 11.2. The predicted molar refractivity (Wildman–Crippen MR) is 116 cm³/mol. The zero-order valence-corrected chi connectivity index (χ0v) is 17.2. The van der Waals surface area contributed by atoms with Crippen molar-refractivity contribution in [3.8, 4) is 5.75 Å². The Labute approximate surface area is 170 Å². The van der Waals surface area contributed by atoms with Crippen LogP contribution in [0.1, 0.15) is 68.6 Å². The van der Waals surface area contributed by atoms with Gasteiger partial charge in [-0.05, 0) is 55.6 Å². The highest BCUT2D eigenvalue weighted by Crippen LogP contribution is 2.33. The Morgan fingerprint density at radius 1 is 0.893 bits per heavy atom. The molecule has 3 heteroatoms. The summed E-state index contributed by atoms with van der Waals surface area (Å²) in [6, 6.07) is 18.5. The summed E-state index contributed by atoms with van der Waals surface area (Å²) in [7, 11) is 0. The van der Waals surface area contributed by atoms with Crippen LogP contribution in [0.2, 0.25) is 0 Å². The minimum absolute atomic E-state index is 0.0793. The highest BCUT2D eigenvalue weighted by Gasteiger charge is 2.26. The van der Waals surface area contributed by atoms with Crippen LogP contribution in [0.3, 0.4) is 0 Å². The van der Waals surface area contributed by atoms with Gasteiger partial charge in [0.05, 0.1) is 12.7 Å². The van der Waals surface area contributed by atoms with Crippen LogP contribution < -0.4 is 4.74 Å². The van der Waals surface area contributed by atoms with Crippen LogP contribution in [0.25, 0.3) is 0 Å². The fourth-order valence-electron chi connectivity index (χ4n) is 4.04. The minimum atomic E-state index is -0.515. The van der Waals surface area contributed by atoms with Crippen LogP contribution in [0.4, 0.5) is 0 Å². The standard InChI is InChI=1S/C25H35NO2/c1-2-3-10-19-28-23-15-13-22(14-16-23)25(27)24(21-11-6-4-7-12-21)20-26-17-8-5-9-18-26/h4,6-7,11-16,24-25,27H,2-3,5,8-10,17-20H2,1H3/t24-,25-/m0/s1. The van der Waals surface area contributed by atoms with E-state index in [2.05, 4.69) is 36.1 Å². The van der Waals surface area contributed by atoms with Crippen LogP contribution in [0, 0.1) is 0 Å².